The van der Waals surface area contributed by atoms with Gasteiger partial charge in [0.2, 0.25) is 5.79 Å². The van der Waals surface area contributed by atoms with E-state index in [1.54, 1.807) is 31.2 Å². The molecule has 39 heavy (non-hydrogen) atoms. The van der Waals surface area contributed by atoms with Crippen molar-refractivity contribution in [2.24, 2.45) is 0 Å². The van der Waals surface area contributed by atoms with Crippen molar-refractivity contribution in [2.45, 2.75) is 32.0 Å². The molecule has 1 aliphatic rings. The summed E-state index contributed by atoms with van der Waals surface area (Å²) in [7, 11) is 0. The van der Waals surface area contributed by atoms with E-state index in [1.165, 1.54) is 29.2 Å². The molecule has 0 radical (unpaired) electrons. The Balaban J connectivity index is 1.40. The maximum absolute atomic E-state index is 15.8. The van der Waals surface area contributed by atoms with Crippen molar-refractivity contribution in [3.63, 3.8) is 0 Å². The zero-order valence-corrected chi connectivity index (χ0v) is 21.0. The second-order valence-corrected chi connectivity index (χ2v) is 9.12. The Labute approximate surface area is 222 Å². The first-order chi connectivity index (χ1) is 18.6. The fourth-order valence-corrected chi connectivity index (χ4v) is 4.29. The number of benzene rings is 3. The van der Waals surface area contributed by atoms with Crippen molar-refractivity contribution in [3.8, 4) is 5.75 Å². The van der Waals surface area contributed by atoms with Gasteiger partial charge in [0.25, 0.3) is 0 Å². The van der Waals surface area contributed by atoms with Crippen LogP contribution in [0.5, 0.6) is 5.75 Å². The molecule has 8 nitrogen and oxygen atoms in total. The zero-order valence-electron chi connectivity index (χ0n) is 21.0. The number of anilines is 2. The van der Waals surface area contributed by atoms with E-state index in [1.807, 2.05) is 0 Å². The molecule has 0 aromatic heterocycles. The van der Waals surface area contributed by atoms with Gasteiger partial charge in [-0.15, -0.1) is 0 Å². The number of aryl methyl sites for hydroxylation is 1. The number of ketones is 1. The number of carbonyl (C=O) groups excluding carboxylic acids is 2. The smallest absolute Gasteiger partial charge is 0.335 e. The predicted molar refractivity (Wildman–Crippen MR) is 138 cm³/mol. The third-order valence-corrected chi connectivity index (χ3v) is 6.51. The number of para-hydroxylation sites is 1. The van der Waals surface area contributed by atoms with Crippen molar-refractivity contribution in [2.75, 3.05) is 23.9 Å². The molecule has 0 bridgehead atoms. The van der Waals surface area contributed by atoms with Gasteiger partial charge in [0, 0.05) is 25.1 Å². The van der Waals surface area contributed by atoms with Crippen LogP contribution in [-0.4, -0.2) is 46.9 Å². The lowest BCUT2D eigenvalue weighted by atomic mass is 9.99. The molecule has 2 amide bonds. The van der Waals surface area contributed by atoms with E-state index in [-0.39, 0.29) is 36.6 Å². The molecule has 1 heterocycles. The molecule has 0 spiro atoms. The van der Waals surface area contributed by atoms with Gasteiger partial charge < -0.3 is 20.5 Å². The van der Waals surface area contributed by atoms with Crippen molar-refractivity contribution >= 4 is 29.2 Å². The van der Waals surface area contributed by atoms with Crippen LogP contribution in [-0.2, 0) is 11.2 Å². The Morgan fingerprint density at radius 1 is 0.974 bits per heavy atom. The van der Waals surface area contributed by atoms with E-state index in [9.17, 15) is 23.2 Å². The average molecular weight is 542 g/mol. The van der Waals surface area contributed by atoms with Gasteiger partial charge in [0.05, 0.1) is 11.3 Å². The summed E-state index contributed by atoms with van der Waals surface area (Å²) < 4.78 is 50.9. The first kappa shape index (κ1) is 27.6. The van der Waals surface area contributed by atoms with E-state index in [0.29, 0.717) is 12.1 Å². The molecule has 204 valence electrons. The highest BCUT2D eigenvalue weighted by molar-refractivity contribution is 6.00. The molecule has 1 atom stereocenters. The first-order valence-corrected chi connectivity index (χ1v) is 12.1. The molecule has 1 saturated heterocycles. The molecular weight excluding hydrogens is 515 g/mol. The van der Waals surface area contributed by atoms with Gasteiger partial charge in [0.15, 0.2) is 17.4 Å². The van der Waals surface area contributed by atoms with Gasteiger partial charge in [-0.2, -0.15) is 0 Å². The number of aromatic carboxylic acids is 1. The maximum Gasteiger partial charge on any atom is 0.335 e. The van der Waals surface area contributed by atoms with E-state index >= 15 is 4.39 Å². The standard InChI is InChI=1S/C28H26F3N3O5/c1-17-5-2-3-6-21(17)32-27(38)33-22-12-9-19(24(29)25(22)30)15-23(35)28(31)13-4-14-34(28)16-39-20-10-7-18(8-11-20)26(36)37/h2-3,5-12H,4,13-16H2,1H3,(H,36,37)(H2,32,33,38). The fourth-order valence-electron chi connectivity index (χ4n) is 4.29. The van der Waals surface area contributed by atoms with Crippen molar-refractivity contribution in [1.29, 1.82) is 0 Å². The number of urea groups is 1. The van der Waals surface area contributed by atoms with Crippen LogP contribution in [0.2, 0.25) is 0 Å². The van der Waals surface area contributed by atoms with Gasteiger partial charge in [0.1, 0.15) is 12.5 Å². The van der Waals surface area contributed by atoms with Gasteiger partial charge in [-0.05, 0) is 60.9 Å². The molecule has 0 aliphatic carbocycles. The summed E-state index contributed by atoms with van der Waals surface area (Å²) in [4.78, 5) is 37.3. The molecule has 3 aromatic carbocycles. The van der Waals surface area contributed by atoms with Crippen LogP contribution in [0.1, 0.15) is 34.3 Å². The number of nitrogens with zero attached hydrogens (tertiary/aromatic N) is 1. The Kier molecular flexibility index (Phi) is 8.20. The Hall–Kier alpha value is -4.38. The topological polar surface area (TPSA) is 108 Å². The van der Waals surface area contributed by atoms with E-state index in [4.69, 9.17) is 9.84 Å². The number of amides is 2. The number of nitrogens with one attached hydrogen (secondary N) is 2. The van der Waals surface area contributed by atoms with E-state index in [0.717, 1.165) is 17.7 Å². The van der Waals surface area contributed by atoms with E-state index in [2.05, 4.69) is 10.6 Å². The molecule has 0 saturated carbocycles. The summed E-state index contributed by atoms with van der Waals surface area (Å²) in [6.07, 6.45) is -0.506. The number of likely N-dealkylation sites (tertiary alicyclic amines) is 1. The number of rotatable bonds is 9. The van der Waals surface area contributed by atoms with Gasteiger partial charge >= 0.3 is 12.0 Å². The number of alkyl halides is 1. The van der Waals surface area contributed by atoms with Gasteiger partial charge in [-0.3, -0.25) is 4.79 Å². The third kappa shape index (κ3) is 6.20. The molecule has 1 aliphatic heterocycles. The van der Waals surface area contributed by atoms with Crippen LogP contribution in [0.15, 0.2) is 60.7 Å². The Morgan fingerprint density at radius 3 is 2.36 bits per heavy atom. The summed E-state index contributed by atoms with van der Waals surface area (Å²) in [5, 5.41) is 13.8. The second-order valence-electron chi connectivity index (χ2n) is 9.12. The van der Waals surface area contributed by atoms with Crippen molar-refractivity contribution in [3.05, 3.63) is 89.0 Å². The molecular formula is C28H26F3N3O5. The summed E-state index contributed by atoms with van der Waals surface area (Å²) in [5.74, 6) is -6.96. The lowest BCUT2D eigenvalue weighted by Gasteiger charge is -2.29. The number of carboxylic acid groups (broad SMARTS) is 1. The average Bonchev–Trinajstić information content (AvgIpc) is 3.30. The van der Waals surface area contributed by atoms with Crippen LogP contribution in [0.4, 0.5) is 29.3 Å². The normalized spacial score (nSPS) is 17.0. The van der Waals surface area contributed by atoms with E-state index < -0.39 is 47.3 Å². The predicted octanol–water partition coefficient (Wildman–Crippen LogP) is 5.53. The monoisotopic (exact) mass is 541 g/mol. The lowest BCUT2D eigenvalue weighted by Crippen LogP contribution is -2.49. The number of halogens is 3. The molecule has 4 rings (SSSR count). The molecule has 11 heteroatoms. The number of carboxylic acids is 1. The van der Waals surface area contributed by atoms with Crippen LogP contribution >= 0.6 is 0 Å². The van der Waals surface area contributed by atoms with Crippen LogP contribution in [0, 0.1) is 18.6 Å². The molecule has 3 aromatic rings. The third-order valence-electron chi connectivity index (χ3n) is 6.51. The highest BCUT2D eigenvalue weighted by atomic mass is 19.2. The summed E-state index contributed by atoms with van der Waals surface area (Å²) in [6.45, 7) is 1.67. The minimum absolute atomic E-state index is 0.0564. The number of hydrogen-bond acceptors (Lipinski definition) is 5. The Bertz CT molecular complexity index is 1400. The zero-order chi connectivity index (χ0) is 28.2. The first-order valence-electron chi connectivity index (χ1n) is 12.1. The maximum atomic E-state index is 15.8. The quantitative estimate of drug-likeness (QED) is 0.308. The van der Waals surface area contributed by atoms with Crippen LogP contribution < -0.4 is 15.4 Å². The van der Waals surface area contributed by atoms with Gasteiger partial charge in [-0.25, -0.2) is 27.7 Å². The minimum Gasteiger partial charge on any atom is -0.478 e. The highest BCUT2D eigenvalue weighted by Gasteiger charge is 2.48. The van der Waals surface area contributed by atoms with Crippen LogP contribution in [0.25, 0.3) is 0 Å². The second kappa shape index (κ2) is 11.6. The van der Waals surface area contributed by atoms with Crippen molar-refractivity contribution < 1.29 is 37.4 Å². The molecule has 3 N–H and O–H groups in total. The number of hydrogen-bond donors (Lipinski definition) is 3. The summed E-state index contributed by atoms with van der Waals surface area (Å²) in [6, 6.07) is 13.9. The number of Topliss-reactive ketones (excluding diaryl/α,β-unsaturated/α-hetero) is 1. The summed E-state index contributed by atoms with van der Waals surface area (Å²) in [5.41, 5.74) is 0.538. The summed E-state index contributed by atoms with van der Waals surface area (Å²) >= 11 is 0. The highest BCUT2D eigenvalue weighted by Crippen LogP contribution is 2.34. The van der Waals surface area contributed by atoms with Crippen molar-refractivity contribution in [1.82, 2.24) is 4.90 Å². The largest absolute Gasteiger partial charge is 0.478 e. The number of carbonyl (C=O) groups is 3. The van der Waals surface area contributed by atoms with Gasteiger partial charge in [-0.1, -0.05) is 24.3 Å². The molecule has 1 unspecified atom stereocenters. The fraction of sp³-hybridized carbons (Fsp3) is 0.250. The molecule has 1 fully saturated rings. The SMILES string of the molecule is Cc1ccccc1NC(=O)Nc1ccc(CC(=O)C2(F)CCCN2COc2ccc(C(=O)O)cc2)c(F)c1F. The lowest BCUT2D eigenvalue weighted by molar-refractivity contribution is -0.144. The number of ether oxygens (including phenoxy) is 1. The Morgan fingerprint density at radius 2 is 1.67 bits per heavy atom. The minimum atomic E-state index is -2.45. The van der Waals surface area contributed by atoms with Crippen LogP contribution in [0.3, 0.4) is 0 Å².